The molecule has 1 aromatic rings. The van der Waals surface area contributed by atoms with Crippen LogP contribution in [0.2, 0.25) is 0 Å². The van der Waals surface area contributed by atoms with Crippen molar-refractivity contribution in [2.24, 2.45) is 0 Å². The van der Waals surface area contributed by atoms with Gasteiger partial charge in [0.2, 0.25) is 5.91 Å². The van der Waals surface area contributed by atoms with E-state index in [1.165, 1.54) is 4.90 Å². The summed E-state index contributed by atoms with van der Waals surface area (Å²) in [6.07, 6.45) is 0.983. The molecule has 20 heavy (non-hydrogen) atoms. The van der Waals surface area contributed by atoms with Gasteiger partial charge in [0.15, 0.2) is 0 Å². The Kier molecular flexibility index (Phi) is 9.11. The average Bonchev–Trinajstić information content (AvgIpc) is 2.45. The highest BCUT2D eigenvalue weighted by atomic mass is 32.2. The molecule has 0 radical (unpaired) electrons. The Labute approximate surface area is 125 Å². The molecule has 0 aliphatic heterocycles. The van der Waals surface area contributed by atoms with Crippen LogP contribution in [0.3, 0.4) is 0 Å². The van der Waals surface area contributed by atoms with E-state index in [0.29, 0.717) is 19.6 Å². The number of aliphatic hydroxyl groups excluding tert-OH is 1. The Morgan fingerprint density at radius 2 is 2.05 bits per heavy atom. The van der Waals surface area contributed by atoms with E-state index in [0.717, 1.165) is 18.7 Å². The van der Waals surface area contributed by atoms with Gasteiger partial charge in [-0.05, 0) is 25.1 Å². The fourth-order valence-corrected chi connectivity index (χ4v) is 2.65. The number of carbonyl (C=O) groups excluding carboxylic acids is 1. The van der Waals surface area contributed by atoms with Gasteiger partial charge in [-0.3, -0.25) is 9.69 Å². The van der Waals surface area contributed by atoms with Crippen molar-refractivity contribution < 1.29 is 9.90 Å². The van der Waals surface area contributed by atoms with E-state index in [9.17, 15) is 4.79 Å². The third-order valence-corrected chi connectivity index (χ3v) is 3.77. The molecule has 112 valence electrons. The number of nitrogens with zero attached hydrogens (tertiary/aromatic N) is 1. The summed E-state index contributed by atoms with van der Waals surface area (Å²) in [5, 5.41) is 11.9. The number of hydrogen-bond acceptors (Lipinski definition) is 4. The summed E-state index contributed by atoms with van der Waals surface area (Å²) in [7, 11) is 0. The number of nitrogens with one attached hydrogen (secondary N) is 1. The summed E-state index contributed by atoms with van der Waals surface area (Å²) in [6.45, 7) is 4.59. The molecule has 0 unspecified atom stereocenters. The molecular formula is C15H24N2O2S. The topological polar surface area (TPSA) is 52.6 Å². The molecule has 0 aromatic heterocycles. The molecule has 0 fully saturated rings. The van der Waals surface area contributed by atoms with Crippen LogP contribution in [0.15, 0.2) is 35.2 Å². The van der Waals surface area contributed by atoms with Crippen LogP contribution in [0, 0.1) is 0 Å². The van der Waals surface area contributed by atoms with Crippen molar-refractivity contribution in [1.82, 2.24) is 10.2 Å². The summed E-state index contributed by atoms with van der Waals surface area (Å²) in [6, 6.07) is 10.2. The smallest absolute Gasteiger partial charge is 0.234 e. The number of amides is 1. The van der Waals surface area contributed by atoms with Gasteiger partial charge in [0, 0.05) is 23.7 Å². The molecule has 0 bridgehead atoms. The van der Waals surface area contributed by atoms with Crippen molar-refractivity contribution in [2.45, 2.75) is 18.2 Å². The van der Waals surface area contributed by atoms with Crippen LogP contribution in [0.1, 0.15) is 13.3 Å². The van der Waals surface area contributed by atoms with Crippen LogP contribution in [0.5, 0.6) is 0 Å². The first-order valence-corrected chi connectivity index (χ1v) is 8.02. The Bertz CT molecular complexity index is 367. The van der Waals surface area contributed by atoms with Crippen molar-refractivity contribution in [1.29, 1.82) is 0 Å². The van der Waals surface area contributed by atoms with Crippen molar-refractivity contribution >= 4 is 17.7 Å². The largest absolute Gasteiger partial charge is 0.395 e. The Hall–Kier alpha value is -1.04. The summed E-state index contributed by atoms with van der Waals surface area (Å²) < 4.78 is 0. The predicted octanol–water partition coefficient (Wildman–Crippen LogP) is 1.60. The minimum Gasteiger partial charge on any atom is -0.395 e. The molecular weight excluding hydrogens is 272 g/mol. The third-order valence-electron chi connectivity index (χ3n) is 2.76. The molecule has 1 rings (SSSR count). The number of rotatable bonds is 10. The van der Waals surface area contributed by atoms with Gasteiger partial charge >= 0.3 is 0 Å². The van der Waals surface area contributed by atoms with Crippen LogP contribution in [-0.2, 0) is 4.79 Å². The summed E-state index contributed by atoms with van der Waals surface area (Å²) in [5.41, 5.74) is 0. The highest BCUT2D eigenvalue weighted by Gasteiger charge is 2.08. The monoisotopic (exact) mass is 296 g/mol. The fraction of sp³-hybridized carbons (Fsp3) is 0.533. The first kappa shape index (κ1) is 17.0. The molecule has 0 aliphatic carbocycles. The van der Waals surface area contributed by atoms with E-state index in [1.54, 1.807) is 11.8 Å². The maximum absolute atomic E-state index is 11.8. The van der Waals surface area contributed by atoms with Gasteiger partial charge in [0.25, 0.3) is 0 Å². The Balaban J connectivity index is 2.15. The van der Waals surface area contributed by atoms with E-state index in [-0.39, 0.29) is 12.5 Å². The van der Waals surface area contributed by atoms with Crippen LogP contribution >= 0.6 is 11.8 Å². The highest BCUT2D eigenvalue weighted by molar-refractivity contribution is 7.99. The van der Waals surface area contributed by atoms with E-state index < -0.39 is 0 Å². The third kappa shape index (κ3) is 7.53. The lowest BCUT2D eigenvalue weighted by Gasteiger charge is -2.19. The first-order valence-electron chi connectivity index (χ1n) is 7.04. The molecule has 0 saturated heterocycles. The minimum atomic E-state index is 0.0283. The Morgan fingerprint density at radius 3 is 2.70 bits per heavy atom. The van der Waals surface area contributed by atoms with Crippen molar-refractivity contribution in [2.75, 3.05) is 38.5 Å². The molecule has 0 saturated carbocycles. The second-order valence-electron chi connectivity index (χ2n) is 4.51. The predicted molar refractivity (Wildman–Crippen MR) is 84.0 cm³/mol. The van der Waals surface area contributed by atoms with Crippen LogP contribution in [0.25, 0.3) is 0 Å². The quantitative estimate of drug-likeness (QED) is 0.509. The standard InChI is InChI=1S/C15H24N2O2S/c1-2-9-17(10-11-18)13-15(19)16-8-12-20-14-6-4-3-5-7-14/h3-7,18H,2,8-13H2,1H3,(H,16,19). The number of carbonyl (C=O) groups is 1. The number of thioether (sulfide) groups is 1. The number of benzene rings is 1. The number of hydrogen-bond donors (Lipinski definition) is 2. The number of aliphatic hydroxyl groups is 1. The fourth-order valence-electron chi connectivity index (χ4n) is 1.86. The Morgan fingerprint density at radius 1 is 1.30 bits per heavy atom. The average molecular weight is 296 g/mol. The molecule has 4 nitrogen and oxygen atoms in total. The second-order valence-corrected chi connectivity index (χ2v) is 5.68. The van der Waals surface area contributed by atoms with Crippen molar-refractivity contribution in [3.05, 3.63) is 30.3 Å². The van der Waals surface area contributed by atoms with Crippen LogP contribution < -0.4 is 5.32 Å². The maximum Gasteiger partial charge on any atom is 0.234 e. The molecule has 0 aliphatic rings. The summed E-state index contributed by atoms with van der Waals surface area (Å²) in [4.78, 5) is 15.0. The van der Waals surface area contributed by atoms with Gasteiger partial charge in [0.05, 0.1) is 13.2 Å². The zero-order valence-electron chi connectivity index (χ0n) is 12.0. The highest BCUT2D eigenvalue weighted by Crippen LogP contribution is 2.15. The van der Waals surface area contributed by atoms with Gasteiger partial charge < -0.3 is 10.4 Å². The van der Waals surface area contributed by atoms with E-state index in [4.69, 9.17) is 5.11 Å². The normalized spacial score (nSPS) is 10.8. The summed E-state index contributed by atoms with van der Waals surface area (Å²) in [5.74, 6) is 0.893. The summed E-state index contributed by atoms with van der Waals surface area (Å²) >= 11 is 1.73. The molecule has 5 heteroatoms. The lowest BCUT2D eigenvalue weighted by Crippen LogP contribution is -2.39. The lowest BCUT2D eigenvalue weighted by molar-refractivity contribution is -0.122. The minimum absolute atomic E-state index is 0.0283. The van der Waals surface area contributed by atoms with Gasteiger partial charge in [0.1, 0.15) is 0 Å². The molecule has 2 N–H and O–H groups in total. The zero-order chi connectivity index (χ0) is 14.6. The van der Waals surface area contributed by atoms with E-state index in [2.05, 4.69) is 24.4 Å². The molecule has 0 atom stereocenters. The van der Waals surface area contributed by atoms with Gasteiger partial charge in [-0.15, -0.1) is 11.8 Å². The van der Waals surface area contributed by atoms with Gasteiger partial charge in [-0.1, -0.05) is 25.1 Å². The van der Waals surface area contributed by atoms with Crippen LogP contribution in [-0.4, -0.2) is 54.5 Å². The second kappa shape index (κ2) is 10.7. The maximum atomic E-state index is 11.8. The van der Waals surface area contributed by atoms with E-state index >= 15 is 0 Å². The van der Waals surface area contributed by atoms with Crippen LogP contribution in [0.4, 0.5) is 0 Å². The molecule has 1 amide bonds. The van der Waals surface area contributed by atoms with Crippen molar-refractivity contribution in [3.8, 4) is 0 Å². The van der Waals surface area contributed by atoms with Crippen molar-refractivity contribution in [3.63, 3.8) is 0 Å². The SMILES string of the molecule is CCCN(CCO)CC(=O)NCCSc1ccccc1. The van der Waals surface area contributed by atoms with Gasteiger partial charge in [-0.2, -0.15) is 0 Å². The molecule has 0 spiro atoms. The van der Waals surface area contributed by atoms with Gasteiger partial charge in [-0.25, -0.2) is 0 Å². The molecule has 1 aromatic carbocycles. The lowest BCUT2D eigenvalue weighted by atomic mass is 10.4. The molecule has 0 heterocycles. The zero-order valence-corrected chi connectivity index (χ0v) is 12.9. The first-order chi connectivity index (χ1) is 9.76. The van der Waals surface area contributed by atoms with E-state index in [1.807, 2.05) is 23.1 Å².